The highest BCUT2D eigenvalue weighted by Gasteiger charge is 2.34. The minimum Gasteiger partial charge on any atom is -0.457 e. The summed E-state index contributed by atoms with van der Waals surface area (Å²) >= 11 is 6.05. The molecule has 0 spiro atoms. The third-order valence-electron chi connectivity index (χ3n) is 6.00. The van der Waals surface area contributed by atoms with Gasteiger partial charge in [-0.15, -0.1) is 0 Å². The molecule has 1 aromatic carbocycles. The van der Waals surface area contributed by atoms with Crippen LogP contribution in [0.1, 0.15) is 58.5 Å². The SMILES string of the molecule is Cc1nn(C2CCS(=O)(=O)C2)c2nc(C3CC3)cc(C(=O)OCc3ccc(F)cc3Cl)c12. The van der Waals surface area contributed by atoms with Crippen molar-refractivity contribution in [1.29, 1.82) is 0 Å². The largest absolute Gasteiger partial charge is 0.457 e. The number of halogens is 2. The summed E-state index contributed by atoms with van der Waals surface area (Å²) in [5.74, 6) is -0.614. The molecule has 7 nitrogen and oxygen atoms in total. The van der Waals surface area contributed by atoms with Gasteiger partial charge in [-0.25, -0.2) is 27.3 Å². The predicted molar refractivity (Wildman–Crippen MR) is 117 cm³/mol. The summed E-state index contributed by atoms with van der Waals surface area (Å²) in [5.41, 5.74) is 2.73. The molecule has 2 fully saturated rings. The number of rotatable bonds is 5. The molecule has 3 aromatic rings. The highest BCUT2D eigenvalue weighted by molar-refractivity contribution is 7.91. The van der Waals surface area contributed by atoms with E-state index in [0.29, 0.717) is 34.3 Å². The lowest BCUT2D eigenvalue weighted by Gasteiger charge is -2.12. The number of fused-ring (bicyclic) bond motifs is 1. The fraction of sp³-hybridized carbons (Fsp3) is 0.409. The molecule has 0 N–H and O–H groups in total. The second-order valence-corrected chi connectivity index (χ2v) is 11.1. The van der Waals surface area contributed by atoms with Gasteiger partial charge in [0, 0.05) is 17.2 Å². The van der Waals surface area contributed by atoms with Gasteiger partial charge in [0.25, 0.3) is 0 Å². The van der Waals surface area contributed by atoms with Gasteiger partial charge in [0.1, 0.15) is 12.4 Å². The Bertz CT molecular complexity index is 1350. The second-order valence-electron chi connectivity index (χ2n) is 8.47. The Hall–Kier alpha value is -2.52. The monoisotopic (exact) mass is 477 g/mol. The van der Waals surface area contributed by atoms with Gasteiger partial charge >= 0.3 is 5.97 Å². The normalized spacial score (nSPS) is 20.0. The third-order valence-corrected chi connectivity index (χ3v) is 8.10. The van der Waals surface area contributed by atoms with Gasteiger partial charge in [0.2, 0.25) is 0 Å². The van der Waals surface area contributed by atoms with Crippen LogP contribution in [-0.2, 0) is 21.2 Å². The fourth-order valence-electron chi connectivity index (χ4n) is 4.16. The van der Waals surface area contributed by atoms with Crippen LogP contribution in [0.5, 0.6) is 0 Å². The molecule has 1 aliphatic carbocycles. The molecule has 10 heteroatoms. The first-order valence-corrected chi connectivity index (χ1v) is 12.6. The smallest absolute Gasteiger partial charge is 0.339 e. The van der Waals surface area contributed by atoms with Crippen LogP contribution in [0.25, 0.3) is 11.0 Å². The van der Waals surface area contributed by atoms with Crippen LogP contribution < -0.4 is 0 Å². The summed E-state index contributed by atoms with van der Waals surface area (Å²) in [4.78, 5) is 17.9. The highest BCUT2D eigenvalue weighted by Crippen LogP contribution is 2.41. The minimum absolute atomic E-state index is 0.0153. The highest BCUT2D eigenvalue weighted by atomic mass is 35.5. The molecule has 0 radical (unpaired) electrons. The molecule has 2 aromatic heterocycles. The molecule has 5 rings (SSSR count). The molecule has 1 atom stereocenters. The predicted octanol–water partition coefficient (Wildman–Crippen LogP) is 4.13. The number of hydrogen-bond acceptors (Lipinski definition) is 6. The van der Waals surface area contributed by atoms with E-state index in [2.05, 4.69) is 5.10 Å². The van der Waals surface area contributed by atoms with Crippen molar-refractivity contribution in [3.63, 3.8) is 0 Å². The number of aryl methyl sites for hydroxylation is 1. The quantitative estimate of drug-likeness (QED) is 0.513. The molecule has 1 aliphatic heterocycles. The lowest BCUT2D eigenvalue weighted by atomic mass is 10.1. The maximum Gasteiger partial charge on any atom is 0.339 e. The average Bonchev–Trinajstić information content (AvgIpc) is 3.45. The zero-order valence-electron chi connectivity index (χ0n) is 17.3. The lowest BCUT2D eigenvalue weighted by molar-refractivity contribution is 0.0475. The van der Waals surface area contributed by atoms with Crippen LogP contribution in [0.2, 0.25) is 5.02 Å². The Balaban J connectivity index is 1.52. The topological polar surface area (TPSA) is 91.1 Å². The van der Waals surface area contributed by atoms with E-state index in [1.54, 1.807) is 17.7 Å². The first kappa shape index (κ1) is 21.3. The van der Waals surface area contributed by atoms with Gasteiger partial charge in [0.05, 0.1) is 39.2 Å². The zero-order valence-corrected chi connectivity index (χ0v) is 18.9. The molecule has 32 heavy (non-hydrogen) atoms. The Kier molecular flexibility index (Phi) is 5.21. The van der Waals surface area contributed by atoms with Crippen molar-refractivity contribution in [2.75, 3.05) is 11.5 Å². The van der Waals surface area contributed by atoms with E-state index >= 15 is 0 Å². The van der Waals surface area contributed by atoms with Gasteiger partial charge in [0.15, 0.2) is 15.5 Å². The van der Waals surface area contributed by atoms with Gasteiger partial charge in [-0.3, -0.25) is 0 Å². The van der Waals surface area contributed by atoms with Gasteiger partial charge in [-0.2, -0.15) is 5.10 Å². The minimum atomic E-state index is -3.11. The van der Waals surface area contributed by atoms with E-state index in [0.717, 1.165) is 18.5 Å². The molecule has 168 valence electrons. The molecule has 0 amide bonds. The number of carbonyl (C=O) groups is 1. The van der Waals surface area contributed by atoms with E-state index < -0.39 is 21.6 Å². The van der Waals surface area contributed by atoms with E-state index in [9.17, 15) is 17.6 Å². The summed E-state index contributed by atoms with van der Waals surface area (Å²) in [6.07, 6.45) is 2.45. The van der Waals surface area contributed by atoms with Gasteiger partial charge < -0.3 is 4.74 Å². The van der Waals surface area contributed by atoms with Crippen LogP contribution in [0.15, 0.2) is 24.3 Å². The maximum absolute atomic E-state index is 13.3. The fourth-order valence-corrected chi connectivity index (χ4v) is 6.08. The van der Waals surface area contributed by atoms with Crippen molar-refractivity contribution >= 4 is 38.4 Å². The van der Waals surface area contributed by atoms with Gasteiger partial charge in [-0.05, 0) is 44.4 Å². The number of pyridine rings is 1. The Morgan fingerprint density at radius 1 is 1.28 bits per heavy atom. The van der Waals surface area contributed by atoms with Crippen LogP contribution in [-0.4, -0.2) is 40.7 Å². The molecule has 2 aliphatic rings. The van der Waals surface area contributed by atoms with E-state index in [4.69, 9.17) is 21.3 Å². The van der Waals surface area contributed by atoms with E-state index in [1.807, 2.05) is 0 Å². The molecule has 0 bridgehead atoms. The molecule has 1 unspecified atom stereocenters. The van der Waals surface area contributed by atoms with Crippen molar-refractivity contribution in [2.45, 2.75) is 44.8 Å². The summed E-state index contributed by atoms with van der Waals surface area (Å²) in [6.45, 7) is 1.67. The number of aromatic nitrogens is 3. The van der Waals surface area contributed by atoms with Crippen LogP contribution in [0.3, 0.4) is 0 Å². The second kappa shape index (κ2) is 7.81. The first-order valence-electron chi connectivity index (χ1n) is 10.4. The number of sulfone groups is 1. The molecule has 1 saturated heterocycles. The first-order chi connectivity index (χ1) is 15.2. The van der Waals surface area contributed by atoms with E-state index in [-0.39, 0.29) is 35.1 Å². The summed E-state index contributed by atoms with van der Waals surface area (Å²) in [5, 5.41) is 5.31. The summed E-state index contributed by atoms with van der Waals surface area (Å²) < 4.78 is 44.5. The Labute approximate surface area is 189 Å². The number of esters is 1. The molecular weight excluding hydrogens is 457 g/mol. The van der Waals surface area contributed by atoms with Crippen molar-refractivity contribution in [2.24, 2.45) is 0 Å². The summed E-state index contributed by atoms with van der Waals surface area (Å²) in [6, 6.07) is 5.35. The lowest BCUT2D eigenvalue weighted by Crippen LogP contribution is -2.14. The van der Waals surface area contributed by atoms with Gasteiger partial charge in [-0.1, -0.05) is 17.7 Å². The zero-order chi connectivity index (χ0) is 22.6. The van der Waals surface area contributed by atoms with Crippen LogP contribution >= 0.6 is 11.6 Å². The maximum atomic E-state index is 13.3. The molecular formula is C22H21ClFN3O4S. The number of hydrogen-bond donors (Lipinski definition) is 0. The standard InChI is InChI=1S/C22H21ClFN3O4S/c1-12-20-17(22(28)31-10-14-4-5-15(24)8-18(14)23)9-19(13-2-3-13)25-21(20)27(26-12)16-6-7-32(29,30)11-16/h4-5,8-9,13,16H,2-3,6-7,10-11H2,1H3. The Morgan fingerprint density at radius 3 is 2.72 bits per heavy atom. The van der Waals surface area contributed by atoms with Crippen molar-refractivity contribution in [1.82, 2.24) is 14.8 Å². The number of benzene rings is 1. The number of nitrogens with zero attached hydrogens (tertiary/aromatic N) is 3. The molecule has 1 saturated carbocycles. The molecule has 3 heterocycles. The van der Waals surface area contributed by atoms with Crippen molar-refractivity contribution < 1.29 is 22.3 Å². The number of carbonyl (C=O) groups excluding carboxylic acids is 1. The number of ether oxygens (including phenoxy) is 1. The van der Waals surface area contributed by atoms with E-state index in [1.165, 1.54) is 18.2 Å². The van der Waals surface area contributed by atoms with Crippen LogP contribution in [0.4, 0.5) is 4.39 Å². The third kappa shape index (κ3) is 3.99. The van der Waals surface area contributed by atoms with Crippen molar-refractivity contribution in [3.8, 4) is 0 Å². The summed E-state index contributed by atoms with van der Waals surface area (Å²) in [7, 11) is -3.11. The average molecular weight is 478 g/mol. The van der Waals surface area contributed by atoms with Crippen molar-refractivity contribution in [3.05, 3.63) is 57.6 Å². The Morgan fingerprint density at radius 2 is 2.06 bits per heavy atom. The van der Waals surface area contributed by atoms with Crippen LogP contribution in [0, 0.1) is 12.7 Å².